The Morgan fingerprint density at radius 2 is 2.23 bits per heavy atom. The van der Waals surface area contributed by atoms with Gasteiger partial charge in [0.1, 0.15) is 11.4 Å². The molecule has 1 aliphatic carbocycles. The lowest BCUT2D eigenvalue weighted by atomic mass is 9.70. The maximum Gasteiger partial charge on any atom is 0.198 e. The van der Waals surface area contributed by atoms with Gasteiger partial charge in [-0.1, -0.05) is 17.7 Å². The predicted octanol–water partition coefficient (Wildman–Crippen LogP) is 2.52. The predicted molar refractivity (Wildman–Crippen MR) is 82.4 cm³/mol. The summed E-state index contributed by atoms with van der Waals surface area (Å²) in [6.07, 6.45) is 0.131. The van der Waals surface area contributed by atoms with Crippen LogP contribution in [0.4, 0.5) is 0 Å². The molecule has 2 heterocycles. The summed E-state index contributed by atoms with van der Waals surface area (Å²) in [5, 5.41) is 10.6. The Kier molecular flexibility index (Phi) is 3.21. The summed E-state index contributed by atoms with van der Waals surface area (Å²) in [6.45, 7) is 3.86. The van der Waals surface area contributed by atoms with Gasteiger partial charge in [0, 0.05) is 35.3 Å². The Morgan fingerprint density at radius 3 is 3.00 bits per heavy atom. The first kappa shape index (κ1) is 14.7. The van der Waals surface area contributed by atoms with E-state index in [0.717, 1.165) is 5.75 Å². The SMILES string of the molecule is Cc1cccc(SCC2[C@H]3O[C@@]4(C)CC(=O)[C@@H]2C[C@]4(O)O3)c1. The van der Waals surface area contributed by atoms with Crippen LogP contribution in [0.5, 0.6) is 0 Å². The molecule has 1 N–H and O–H groups in total. The van der Waals surface area contributed by atoms with Crippen LogP contribution in [0.2, 0.25) is 0 Å². The topological polar surface area (TPSA) is 55.8 Å². The molecule has 0 radical (unpaired) electrons. The van der Waals surface area contributed by atoms with Gasteiger partial charge in [-0.3, -0.25) is 4.79 Å². The number of benzene rings is 1. The highest BCUT2D eigenvalue weighted by atomic mass is 32.2. The van der Waals surface area contributed by atoms with Gasteiger partial charge in [0.2, 0.25) is 0 Å². The molecule has 3 aliphatic rings. The van der Waals surface area contributed by atoms with Crippen LogP contribution >= 0.6 is 11.8 Å². The molecule has 1 aromatic carbocycles. The van der Waals surface area contributed by atoms with Crippen LogP contribution in [-0.4, -0.2) is 34.3 Å². The van der Waals surface area contributed by atoms with Gasteiger partial charge in [0.05, 0.1) is 0 Å². The zero-order valence-corrected chi connectivity index (χ0v) is 13.6. The van der Waals surface area contributed by atoms with Crippen molar-refractivity contribution in [1.29, 1.82) is 0 Å². The smallest absolute Gasteiger partial charge is 0.198 e. The summed E-state index contributed by atoms with van der Waals surface area (Å²) in [5.41, 5.74) is 0.342. The largest absolute Gasteiger partial charge is 0.363 e. The zero-order valence-electron chi connectivity index (χ0n) is 12.7. The molecule has 0 amide bonds. The number of carbonyl (C=O) groups is 1. The highest BCUT2D eigenvalue weighted by Gasteiger charge is 2.69. The van der Waals surface area contributed by atoms with Crippen molar-refractivity contribution >= 4 is 17.5 Å². The molecule has 0 aromatic heterocycles. The standard InChI is InChI=1S/C17H20O4S/c1-10-4-3-5-11(6-10)22-9-13-12-7-17(19)16(2,8-14(12)18)20-15(13)21-17/h3-6,12-13,15,19H,7-9H2,1-2H3/t12-,13?,15+,16+,17+/m1/s1. The number of hydrogen-bond donors (Lipinski definition) is 1. The molecular formula is C17H20O4S. The van der Waals surface area contributed by atoms with E-state index in [9.17, 15) is 9.90 Å². The average molecular weight is 320 g/mol. The number of thioether (sulfide) groups is 1. The average Bonchev–Trinajstić information content (AvgIpc) is 2.60. The van der Waals surface area contributed by atoms with E-state index in [-0.39, 0.29) is 24.0 Å². The van der Waals surface area contributed by atoms with Gasteiger partial charge in [0.25, 0.3) is 0 Å². The van der Waals surface area contributed by atoms with Crippen LogP contribution in [0, 0.1) is 18.8 Å². The summed E-state index contributed by atoms with van der Waals surface area (Å²) < 4.78 is 11.7. The normalized spacial score (nSPS) is 42.9. The Balaban J connectivity index is 1.55. The molecule has 22 heavy (non-hydrogen) atoms. The minimum Gasteiger partial charge on any atom is -0.363 e. The highest BCUT2D eigenvalue weighted by molar-refractivity contribution is 7.99. The fourth-order valence-corrected chi connectivity index (χ4v) is 5.07. The highest BCUT2D eigenvalue weighted by Crippen LogP contribution is 2.56. The van der Waals surface area contributed by atoms with E-state index in [4.69, 9.17) is 9.47 Å². The fourth-order valence-electron chi connectivity index (χ4n) is 3.86. The van der Waals surface area contributed by atoms with E-state index >= 15 is 0 Å². The van der Waals surface area contributed by atoms with Crippen molar-refractivity contribution in [2.45, 2.75) is 49.3 Å². The van der Waals surface area contributed by atoms with Crippen LogP contribution in [-0.2, 0) is 14.3 Å². The second-order valence-electron chi connectivity index (χ2n) is 6.86. The summed E-state index contributed by atoms with van der Waals surface area (Å²) in [5.74, 6) is -0.482. The van der Waals surface area contributed by atoms with Gasteiger partial charge in [0.15, 0.2) is 12.1 Å². The van der Waals surface area contributed by atoms with E-state index in [1.54, 1.807) is 18.7 Å². The second-order valence-corrected chi connectivity index (χ2v) is 7.96. The van der Waals surface area contributed by atoms with E-state index in [0.29, 0.717) is 6.42 Å². The Labute approximate surface area is 134 Å². The molecule has 5 atom stereocenters. The molecule has 3 fully saturated rings. The Morgan fingerprint density at radius 1 is 1.41 bits per heavy atom. The fraction of sp³-hybridized carbons (Fsp3) is 0.588. The van der Waals surface area contributed by atoms with Gasteiger partial charge in [-0.15, -0.1) is 11.8 Å². The molecule has 5 heteroatoms. The van der Waals surface area contributed by atoms with E-state index in [2.05, 4.69) is 25.1 Å². The third-order valence-corrected chi connectivity index (χ3v) is 6.37. The lowest BCUT2D eigenvalue weighted by molar-refractivity contribution is -0.266. The molecule has 4 nitrogen and oxygen atoms in total. The quantitative estimate of drug-likeness (QED) is 0.867. The first-order chi connectivity index (χ1) is 10.4. The van der Waals surface area contributed by atoms with Crippen molar-refractivity contribution < 1.29 is 19.4 Å². The van der Waals surface area contributed by atoms with Crippen molar-refractivity contribution in [1.82, 2.24) is 0 Å². The number of rotatable bonds is 3. The van der Waals surface area contributed by atoms with Gasteiger partial charge < -0.3 is 14.6 Å². The summed E-state index contributed by atoms with van der Waals surface area (Å²) in [4.78, 5) is 13.6. The maximum atomic E-state index is 12.4. The third-order valence-electron chi connectivity index (χ3n) is 5.23. The van der Waals surface area contributed by atoms with Crippen LogP contribution in [0.1, 0.15) is 25.3 Å². The Bertz CT molecular complexity index is 633. The molecule has 2 aliphatic heterocycles. The van der Waals surface area contributed by atoms with Gasteiger partial charge in [-0.05, 0) is 26.0 Å². The number of aliphatic hydroxyl groups is 1. The van der Waals surface area contributed by atoms with Gasteiger partial charge in [-0.25, -0.2) is 0 Å². The third kappa shape index (κ3) is 2.07. The van der Waals surface area contributed by atoms with E-state index in [1.807, 2.05) is 6.07 Å². The zero-order chi connectivity index (χ0) is 15.5. The van der Waals surface area contributed by atoms with Crippen molar-refractivity contribution in [3.05, 3.63) is 29.8 Å². The first-order valence-electron chi connectivity index (χ1n) is 7.70. The number of ether oxygens (including phenoxy) is 2. The number of Topliss-reactive ketones (excluding diaryl/α,β-unsaturated/α-hetero) is 1. The molecule has 1 aromatic rings. The van der Waals surface area contributed by atoms with Crippen molar-refractivity contribution in [2.75, 3.05) is 5.75 Å². The van der Waals surface area contributed by atoms with Gasteiger partial charge >= 0.3 is 0 Å². The first-order valence-corrected chi connectivity index (χ1v) is 8.69. The summed E-state index contributed by atoms with van der Waals surface area (Å²) in [6, 6.07) is 8.33. The van der Waals surface area contributed by atoms with E-state index in [1.165, 1.54) is 10.5 Å². The molecule has 4 rings (SSSR count). The Hall–Kier alpha value is -0.880. The minimum atomic E-state index is -1.29. The number of carbonyl (C=O) groups excluding carboxylic acids is 1. The molecular weight excluding hydrogens is 300 g/mol. The molecule has 0 spiro atoms. The van der Waals surface area contributed by atoms with Gasteiger partial charge in [-0.2, -0.15) is 0 Å². The number of ketones is 1. The molecule has 3 bridgehead atoms. The molecule has 2 saturated heterocycles. The van der Waals surface area contributed by atoms with Crippen LogP contribution in [0.3, 0.4) is 0 Å². The number of hydrogen-bond acceptors (Lipinski definition) is 5. The van der Waals surface area contributed by atoms with Crippen LogP contribution < -0.4 is 0 Å². The van der Waals surface area contributed by atoms with E-state index < -0.39 is 17.7 Å². The van der Waals surface area contributed by atoms with Crippen molar-refractivity contribution in [3.8, 4) is 0 Å². The number of aryl methyl sites for hydroxylation is 1. The van der Waals surface area contributed by atoms with Crippen molar-refractivity contribution in [3.63, 3.8) is 0 Å². The van der Waals surface area contributed by atoms with Crippen LogP contribution in [0.25, 0.3) is 0 Å². The summed E-state index contributed by atoms with van der Waals surface area (Å²) >= 11 is 1.72. The number of fused-ring (bicyclic) bond motifs is 2. The summed E-state index contributed by atoms with van der Waals surface area (Å²) in [7, 11) is 0. The lowest BCUT2D eigenvalue weighted by Gasteiger charge is -2.45. The monoisotopic (exact) mass is 320 g/mol. The molecule has 1 saturated carbocycles. The van der Waals surface area contributed by atoms with Crippen molar-refractivity contribution in [2.24, 2.45) is 11.8 Å². The van der Waals surface area contributed by atoms with Crippen LogP contribution in [0.15, 0.2) is 29.2 Å². The second kappa shape index (κ2) is 4.81. The molecule has 1 unspecified atom stereocenters. The minimum absolute atomic E-state index is 0.00242. The lowest BCUT2D eigenvalue weighted by Crippen LogP contribution is -2.59. The maximum absolute atomic E-state index is 12.4. The molecule has 118 valence electrons.